The van der Waals surface area contributed by atoms with Gasteiger partial charge in [0.15, 0.2) is 5.65 Å². The minimum Gasteiger partial charge on any atom is -0.310 e. The van der Waals surface area contributed by atoms with E-state index >= 15 is 0 Å². The Labute approximate surface area is 166 Å². The van der Waals surface area contributed by atoms with Crippen LogP contribution in [0.1, 0.15) is 26.0 Å². The standard InChI is InChI=1S/C20H21N7O2/c1-12(2)9-17(28)22-16-10-13(3)25-27(16)20-23-18-15(19(29)24-20)11-21-26(18)14-7-5-4-6-8-14/h4-8,10-12H,9H2,1-3H3,(H,22,28)(H,23,24,29). The molecule has 2 N–H and O–H groups in total. The van der Waals surface area contributed by atoms with Crippen LogP contribution < -0.4 is 10.9 Å². The Bertz CT molecular complexity index is 1230. The lowest BCUT2D eigenvalue weighted by Crippen LogP contribution is -2.19. The summed E-state index contributed by atoms with van der Waals surface area (Å²) in [5.41, 5.74) is 1.54. The number of fused-ring (bicyclic) bond motifs is 1. The third-order valence-corrected chi connectivity index (χ3v) is 4.32. The Morgan fingerprint density at radius 1 is 1.21 bits per heavy atom. The van der Waals surface area contributed by atoms with E-state index in [2.05, 4.69) is 25.5 Å². The lowest BCUT2D eigenvalue weighted by molar-refractivity contribution is -0.116. The highest BCUT2D eigenvalue weighted by Gasteiger charge is 2.17. The fraction of sp³-hybridized carbons (Fsp3) is 0.250. The summed E-state index contributed by atoms with van der Waals surface area (Å²) in [6.07, 6.45) is 1.87. The van der Waals surface area contributed by atoms with E-state index in [9.17, 15) is 9.59 Å². The van der Waals surface area contributed by atoms with Crippen LogP contribution in [0.3, 0.4) is 0 Å². The molecule has 3 heterocycles. The summed E-state index contributed by atoms with van der Waals surface area (Å²) in [7, 11) is 0. The number of para-hydroxylation sites is 1. The van der Waals surface area contributed by atoms with Crippen molar-refractivity contribution in [2.75, 3.05) is 5.32 Å². The molecule has 0 fully saturated rings. The molecule has 0 bridgehead atoms. The van der Waals surface area contributed by atoms with E-state index in [-0.39, 0.29) is 23.3 Å². The predicted molar refractivity (Wildman–Crippen MR) is 109 cm³/mol. The van der Waals surface area contributed by atoms with Gasteiger partial charge in [-0.15, -0.1) is 0 Å². The topological polar surface area (TPSA) is 110 Å². The van der Waals surface area contributed by atoms with Gasteiger partial charge in [-0.25, -0.2) is 4.68 Å². The number of benzene rings is 1. The number of hydrogen-bond donors (Lipinski definition) is 2. The zero-order valence-electron chi connectivity index (χ0n) is 16.4. The van der Waals surface area contributed by atoms with Crippen molar-refractivity contribution >= 4 is 22.8 Å². The molecule has 0 spiro atoms. The quantitative estimate of drug-likeness (QED) is 0.543. The molecule has 4 aromatic rings. The molecule has 0 radical (unpaired) electrons. The maximum atomic E-state index is 12.6. The number of carbonyl (C=O) groups excluding carboxylic acids is 1. The van der Waals surface area contributed by atoms with E-state index in [0.717, 1.165) is 5.69 Å². The highest BCUT2D eigenvalue weighted by Crippen LogP contribution is 2.18. The number of aromatic nitrogens is 6. The Kier molecular flexibility index (Phi) is 4.71. The van der Waals surface area contributed by atoms with Gasteiger partial charge in [0.1, 0.15) is 11.2 Å². The summed E-state index contributed by atoms with van der Waals surface area (Å²) >= 11 is 0. The maximum absolute atomic E-state index is 12.6. The second-order valence-electron chi connectivity index (χ2n) is 7.25. The molecule has 1 amide bonds. The molecule has 9 nitrogen and oxygen atoms in total. The SMILES string of the molecule is Cc1cc(NC(=O)CC(C)C)n(-c2nc3c(cnn3-c3ccccc3)c(=O)[nH]2)n1. The van der Waals surface area contributed by atoms with Gasteiger partial charge in [-0.3, -0.25) is 14.6 Å². The lowest BCUT2D eigenvalue weighted by Gasteiger charge is -2.09. The molecule has 0 aliphatic carbocycles. The van der Waals surface area contributed by atoms with Crippen molar-refractivity contribution in [3.63, 3.8) is 0 Å². The number of H-pyrrole nitrogens is 1. The molecule has 29 heavy (non-hydrogen) atoms. The van der Waals surface area contributed by atoms with E-state index in [1.807, 2.05) is 44.2 Å². The molecule has 1 aromatic carbocycles. The smallest absolute Gasteiger partial charge is 0.263 e. The number of nitrogens with one attached hydrogen (secondary N) is 2. The molecular formula is C20H21N7O2. The second kappa shape index (κ2) is 7.34. The monoisotopic (exact) mass is 391 g/mol. The number of amides is 1. The van der Waals surface area contributed by atoms with Gasteiger partial charge in [0.2, 0.25) is 11.9 Å². The minimum absolute atomic E-state index is 0.126. The highest BCUT2D eigenvalue weighted by atomic mass is 16.1. The third-order valence-electron chi connectivity index (χ3n) is 4.32. The number of rotatable bonds is 5. The van der Waals surface area contributed by atoms with Crippen LogP contribution in [0.2, 0.25) is 0 Å². The fourth-order valence-electron chi connectivity index (χ4n) is 3.08. The van der Waals surface area contributed by atoms with Crippen molar-refractivity contribution in [1.82, 2.24) is 29.5 Å². The summed E-state index contributed by atoms with van der Waals surface area (Å²) < 4.78 is 3.03. The Morgan fingerprint density at radius 2 is 1.97 bits per heavy atom. The van der Waals surface area contributed by atoms with Gasteiger partial charge in [-0.2, -0.15) is 19.9 Å². The largest absolute Gasteiger partial charge is 0.310 e. The molecule has 0 atom stereocenters. The average molecular weight is 391 g/mol. The van der Waals surface area contributed by atoms with Crippen molar-refractivity contribution < 1.29 is 4.79 Å². The summed E-state index contributed by atoms with van der Waals surface area (Å²) in [4.78, 5) is 32.2. The number of nitrogens with zero attached hydrogens (tertiary/aromatic N) is 5. The molecule has 0 aliphatic rings. The van der Waals surface area contributed by atoms with Crippen LogP contribution in [0, 0.1) is 12.8 Å². The maximum Gasteiger partial charge on any atom is 0.263 e. The normalized spacial score (nSPS) is 11.3. The predicted octanol–water partition coefficient (Wildman–Crippen LogP) is 2.59. The fourth-order valence-corrected chi connectivity index (χ4v) is 3.08. The van der Waals surface area contributed by atoms with E-state index < -0.39 is 0 Å². The van der Waals surface area contributed by atoms with Crippen LogP contribution in [-0.2, 0) is 4.79 Å². The summed E-state index contributed by atoms with van der Waals surface area (Å²) in [5, 5.41) is 11.9. The van der Waals surface area contributed by atoms with Crippen LogP contribution >= 0.6 is 0 Å². The van der Waals surface area contributed by atoms with Gasteiger partial charge in [0.05, 0.1) is 17.6 Å². The molecule has 0 aliphatic heterocycles. The minimum atomic E-state index is -0.334. The van der Waals surface area contributed by atoms with Gasteiger partial charge >= 0.3 is 0 Å². The molecule has 0 saturated heterocycles. The van der Waals surface area contributed by atoms with Crippen molar-refractivity contribution in [3.8, 4) is 11.6 Å². The van der Waals surface area contributed by atoms with Crippen molar-refractivity contribution in [2.24, 2.45) is 5.92 Å². The van der Waals surface area contributed by atoms with Crippen LogP contribution in [-0.4, -0.2) is 35.4 Å². The average Bonchev–Trinajstić information content (AvgIpc) is 3.25. The zero-order valence-corrected chi connectivity index (χ0v) is 16.4. The number of aryl methyl sites for hydroxylation is 1. The summed E-state index contributed by atoms with van der Waals surface area (Å²) in [6.45, 7) is 5.75. The molecule has 148 valence electrons. The summed E-state index contributed by atoms with van der Waals surface area (Å²) in [6, 6.07) is 11.2. The molecular weight excluding hydrogens is 370 g/mol. The Hall–Kier alpha value is -3.75. The number of aromatic amines is 1. The first kappa shape index (κ1) is 18.6. The van der Waals surface area contributed by atoms with Crippen LogP contribution in [0.4, 0.5) is 5.82 Å². The molecule has 0 saturated carbocycles. The van der Waals surface area contributed by atoms with Crippen LogP contribution in [0.5, 0.6) is 0 Å². The van der Waals surface area contributed by atoms with Crippen LogP contribution in [0.15, 0.2) is 47.4 Å². The molecule has 0 unspecified atom stereocenters. The van der Waals surface area contributed by atoms with Gasteiger partial charge in [0, 0.05) is 12.5 Å². The van der Waals surface area contributed by atoms with Crippen LogP contribution in [0.25, 0.3) is 22.7 Å². The van der Waals surface area contributed by atoms with E-state index in [4.69, 9.17) is 0 Å². The zero-order chi connectivity index (χ0) is 20.5. The molecule has 4 rings (SSSR count). The van der Waals surface area contributed by atoms with E-state index in [1.165, 1.54) is 10.9 Å². The second-order valence-corrected chi connectivity index (χ2v) is 7.25. The number of hydrogen-bond acceptors (Lipinski definition) is 5. The first-order valence-corrected chi connectivity index (χ1v) is 9.32. The highest BCUT2D eigenvalue weighted by molar-refractivity contribution is 5.90. The molecule has 3 aromatic heterocycles. The van der Waals surface area contributed by atoms with Crippen molar-refractivity contribution in [1.29, 1.82) is 0 Å². The third kappa shape index (κ3) is 3.66. The lowest BCUT2D eigenvalue weighted by atomic mass is 10.1. The van der Waals surface area contributed by atoms with Crippen molar-refractivity contribution in [2.45, 2.75) is 27.2 Å². The Balaban J connectivity index is 1.81. The first-order chi connectivity index (χ1) is 13.9. The van der Waals surface area contributed by atoms with Crippen molar-refractivity contribution in [3.05, 3.63) is 58.6 Å². The van der Waals surface area contributed by atoms with E-state index in [0.29, 0.717) is 29.0 Å². The van der Waals surface area contributed by atoms with E-state index in [1.54, 1.807) is 17.7 Å². The van der Waals surface area contributed by atoms with Gasteiger partial charge in [-0.1, -0.05) is 32.0 Å². The molecule has 9 heteroatoms. The Morgan fingerprint density at radius 3 is 2.69 bits per heavy atom. The summed E-state index contributed by atoms with van der Waals surface area (Å²) in [5.74, 6) is 0.746. The van der Waals surface area contributed by atoms with Gasteiger partial charge < -0.3 is 5.32 Å². The van der Waals surface area contributed by atoms with Gasteiger partial charge in [0.25, 0.3) is 5.56 Å². The number of carbonyl (C=O) groups is 1. The number of anilines is 1. The first-order valence-electron chi connectivity index (χ1n) is 9.32. The van der Waals surface area contributed by atoms with Gasteiger partial charge in [-0.05, 0) is 25.0 Å².